The molecule has 0 aliphatic carbocycles. The van der Waals surface area contributed by atoms with E-state index in [9.17, 15) is 14.4 Å². The summed E-state index contributed by atoms with van der Waals surface area (Å²) in [5, 5.41) is 3.22. The number of nitrogens with zero attached hydrogens (tertiary/aromatic N) is 2. The van der Waals surface area contributed by atoms with E-state index in [4.69, 9.17) is 4.42 Å². The normalized spacial score (nSPS) is 19.1. The van der Waals surface area contributed by atoms with E-state index in [2.05, 4.69) is 5.32 Å². The lowest BCUT2D eigenvalue weighted by Crippen LogP contribution is -2.70. The standard InChI is InChI=1S/C16H15N3O4/c1-18-15(22)17-7-16(18)8-19(9-16)14(21)13-6-11(20)10-4-2-3-5-12(10)23-13/h2-6H,7-9H2,1H3,(H,17,22). The zero-order valence-electron chi connectivity index (χ0n) is 12.5. The van der Waals surface area contributed by atoms with Crippen molar-refractivity contribution in [3.63, 3.8) is 0 Å². The van der Waals surface area contributed by atoms with Crippen molar-refractivity contribution in [3.05, 3.63) is 46.3 Å². The van der Waals surface area contributed by atoms with E-state index in [1.54, 1.807) is 41.1 Å². The predicted octanol–water partition coefficient (Wildman–Crippen LogP) is 0.643. The van der Waals surface area contributed by atoms with Gasteiger partial charge in [0.15, 0.2) is 11.2 Å². The molecule has 23 heavy (non-hydrogen) atoms. The van der Waals surface area contributed by atoms with Gasteiger partial charge in [0.05, 0.1) is 10.9 Å². The Hall–Kier alpha value is -2.83. The monoisotopic (exact) mass is 313 g/mol. The minimum atomic E-state index is -0.343. The van der Waals surface area contributed by atoms with Crippen LogP contribution in [0, 0.1) is 0 Å². The number of benzene rings is 1. The molecule has 0 atom stereocenters. The van der Waals surface area contributed by atoms with Crippen molar-refractivity contribution in [3.8, 4) is 0 Å². The van der Waals surface area contributed by atoms with Gasteiger partial charge in [-0.05, 0) is 12.1 Å². The van der Waals surface area contributed by atoms with Gasteiger partial charge in [0, 0.05) is 32.7 Å². The molecule has 2 aliphatic heterocycles. The van der Waals surface area contributed by atoms with Crippen LogP contribution in [0.1, 0.15) is 10.6 Å². The lowest BCUT2D eigenvalue weighted by Gasteiger charge is -2.50. The van der Waals surface area contributed by atoms with Gasteiger partial charge in [-0.2, -0.15) is 0 Å². The van der Waals surface area contributed by atoms with Gasteiger partial charge in [-0.1, -0.05) is 12.1 Å². The molecule has 0 radical (unpaired) electrons. The first kappa shape index (κ1) is 13.8. The number of carbonyl (C=O) groups excluding carboxylic acids is 2. The Balaban J connectivity index is 1.60. The number of para-hydroxylation sites is 1. The third kappa shape index (κ3) is 1.93. The highest BCUT2D eigenvalue weighted by molar-refractivity contribution is 5.94. The highest BCUT2D eigenvalue weighted by Gasteiger charge is 2.53. The number of likely N-dealkylation sites (N-methyl/N-ethyl adjacent to an activating group) is 1. The van der Waals surface area contributed by atoms with Crippen molar-refractivity contribution < 1.29 is 14.0 Å². The summed E-state index contributed by atoms with van der Waals surface area (Å²) in [7, 11) is 1.72. The van der Waals surface area contributed by atoms with Crippen molar-refractivity contribution in [2.75, 3.05) is 26.7 Å². The van der Waals surface area contributed by atoms with Crippen LogP contribution in [-0.2, 0) is 0 Å². The summed E-state index contributed by atoms with van der Waals surface area (Å²) in [5.41, 5.74) is -0.183. The molecule has 1 N–H and O–H groups in total. The average Bonchev–Trinajstić information content (AvgIpc) is 2.81. The van der Waals surface area contributed by atoms with Crippen LogP contribution >= 0.6 is 0 Å². The van der Waals surface area contributed by atoms with Crippen LogP contribution in [0.5, 0.6) is 0 Å². The van der Waals surface area contributed by atoms with Crippen LogP contribution in [0.15, 0.2) is 39.5 Å². The Morgan fingerprint density at radius 1 is 1.26 bits per heavy atom. The molecule has 7 nitrogen and oxygen atoms in total. The predicted molar refractivity (Wildman–Crippen MR) is 82.3 cm³/mol. The van der Waals surface area contributed by atoms with Gasteiger partial charge in [-0.15, -0.1) is 0 Å². The number of nitrogens with one attached hydrogen (secondary N) is 1. The minimum absolute atomic E-state index is 0.0310. The Kier molecular flexibility index (Phi) is 2.75. The highest BCUT2D eigenvalue weighted by atomic mass is 16.3. The number of fused-ring (bicyclic) bond motifs is 1. The number of urea groups is 1. The second-order valence-electron chi connectivity index (χ2n) is 6.07. The van der Waals surface area contributed by atoms with Gasteiger partial charge >= 0.3 is 6.03 Å². The van der Waals surface area contributed by atoms with Gasteiger partial charge in [0.1, 0.15) is 5.58 Å². The Bertz CT molecular complexity index is 882. The molecule has 1 aromatic carbocycles. The summed E-state index contributed by atoms with van der Waals surface area (Å²) in [6, 6.07) is 7.94. The molecule has 0 unspecified atom stereocenters. The van der Waals surface area contributed by atoms with Gasteiger partial charge in [-0.25, -0.2) is 4.79 Å². The third-order valence-electron chi connectivity index (χ3n) is 4.69. The molecule has 2 fully saturated rings. The van der Waals surface area contributed by atoms with E-state index in [1.807, 2.05) is 0 Å². The first-order chi connectivity index (χ1) is 11.0. The second kappa shape index (κ2) is 4.58. The molecule has 0 saturated carbocycles. The molecule has 118 valence electrons. The van der Waals surface area contributed by atoms with E-state index >= 15 is 0 Å². The summed E-state index contributed by atoms with van der Waals surface area (Å²) >= 11 is 0. The fourth-order valence-corrected chi connectivity index (χ4v) is 3.19. The zero-order valence-corrected chi connectivity index (χ0v) is 12.5. The molecule has 0 bridgehead atoms. The SMILES string of the molecule is CN1C(=O)NCC12CN(C(=O)c1cc(=O)c3ccccc3o1)C2. The fraction of sp³-hybridized carbons (Fsp3) is 0.312. The summed E-state index contributed by atoms with van der Waals surface area (Å²) in [4.78, 5) is 39.4. The molecular weight excluding hydrogens is 298 g/mol. The van der Waals surface area contributed by atoms with Crippen molar-refractivity contribution in [2.24, 2.45) is 0 Å². The Morgan fingerprint density at radius 3 is 2.70 bits per heavy atom. The first-order valence-electron chi connectivity index (χ1n) is 7.34. The zero-order chi connectivity index (χ0) is 16.2. The molecule has 3 amide bonds. The summed E-state index contributed by atoms with van der Waals surface area (Å²) in [5.74, 6) is -0.297. The molecule has 2 aromatic rings. The molecule has 3 heterocycles. The third-order valence-corrected chi connectivity index (χ3v) is 4.69. The van der Waals surface area contributed by atoms with Crippen molar-refractivity contribution in [2.45, 2.75) is 5.54 Å². The van der Waals surface area contributed by atoms with Crippen LogP contribution in [0.4, 0.5) is 4.79 Å². The van der Waals surface area contributed by atoms with E-state index in [1.165, 1.54) is 6.07 Å². The van der Waals surface area contributed by atoms with Crippen molar-refractivity contribution in [1.82, 2.24) is 15.1 Å². The summed E-state index contributed by atoms with van der Waals surface area (Å²) < 4.78 is 5.57. The summed E-state index contributed by atoms with van der Waals surface area (Å²) in [6.07, 6.45) is 0. The number of rotatable bonds is 1. The molecule has 4 rings (SSSR count). The van der Waals surface area contributed by atoms with E-state index in [-0.39, 0.29) is 28.7 Å². The van der Waals surface area contributed by atoms with Crippen molar-refractivity contribution in [1.29, 1.82) is 0 Å². The molecule has 7 heteroatoms. The number of likely N-dealkylation sites (tertiary alicyclic amines) is 1. The molecule has 1 spiro atoms. The number of carbonyl (C=O) groups is 2. The van der Waals surface area contributed by atoms with Crippen LogP contribution in [0.2, 0.25) is 0 Å². The first-order valence-corrected chi connectivity index (χ1v) is 7.34. The lowest BCUT2D eigenvalue weighted by atomic mass is 9.89. The average molecular weight is 313 g/mol. The maximum Gasteiger partial charge on any atom is 0.317 e. The topological polar surface area (TPSA) is 82.9 Å². The smallest absolute Gasteiger partial charge is 0.317 e. The van der Waals surface area contributed by atoms with E-state index in [0.29, 0.717) is 30.6 Å². The number of hydrogen-bond donors (Lipinski definition) is 1. The lowest BCUT2D eigenvalue weighted by molar-refractivity contribution is 0.00567. The molecular formula is C16H15N3O4. The minimum Gasteiger partial charge on any atom is -0.451 e. The fourth-order valence-electron chi connectivity index (χ4n) is 3.19. The number of amides is 3. The van der Waals surface area contributed by atoms with Crippen LogP contribution < -0.4 is 10.7 Å². The van der Waals surface area contributed by atoms with E-state index in [0.717, 1.165) is 0 Å². The Labute approximate surface area is 131 Å². The second-order valence-corrected chi connectivity index (χ2v) is 6.07. The van der Waals surface area contributed by atoms with Crippen LogP contribution in [0.3, 0.4) is 0 Å². The molecule has 2 aliphatic rings. The summed E-state index contributed by atoms with van der Waals surface area (Å²) in [6.45, 7) is 1.38. The van der Waals surface area contributed by atoms with Gasteiger partial charge < -0.3 is 19.5 Å². The number of hydrogen-bond acceptors (Lipinski definition) is 4. The highest BCUT2D eigenvalue weighted by Crippen LogP contribution is 2.31. The van der Waals surface area contributed by atoms with Gasteiger partial charge in [0.2, 0.25) is 0 Å². The Morgan fingerprint density at radius 2 is 2.00 bits per heavy atom. The van der Waals surface area contributed by atoms with Gasteiger partial charge in [0.25, 0.3) is 5.91 Å². The van der Waals surface area contributed by atoms with Crippen LogP contribution in [0.25, 0.3) is 11.0 Å². The quantitative estimate of drug-likeness (QED) is 0.837. The van der Waals surface area contributed by atoms with Crippen LogP contribution in [-0.4, -0.2) is 54.0 Å². The maximum atomic E-state index is 12.5. The largest absolute Gasteiger partial charge is 0.451 e. The molecule has 2 saturated heterocycles. The van der Waals surface area contributed by atoms with Gasteiger partial charge in [-0.3, -0.25) is 9.59 Å². The van der Waals surface area contributed by atoms with E-state index < -0.39 is 0 Å². The molecule has 1 aromatic heterocycles. The van der Waals surface area contributed by atoms with Crippen molar-refractivity contribution >= 4 is 22.9 Å². The maximum absolute atomic E-state index is 12.5.